The first-order valence-electron chi connectivity index (χ1n) is 7.64. The average molecular weight is 285 g/mol. The van der Waals surface area contributed by atoms with Crippen molar-refractivity contribution in [2.45, 2.75) is 37.5 Å². The molecular weight excluding hydrogens is 262 g/mol. The van der Waals surface area contributed by atoms with Crippen molar-refractivity contribution in [3.05, 3.63) is 48.6 Å². The Hall–Kier alpha value is -1.90. The van der Waals surface area contributed by atoms with Gasteiger partial charge in [0.05, 0.1) is 5.41 Å². The highest BCUT2D eigenvalue weighted by Crippen LogP contribution is 2.36. The van der Waals surface area contributed by atoms with Crippen molar-refractivity contribution in [2.75, 3.05) is 13.1 Å². The second kappa shape index (κ2) is 7.21. The number of rotatable bonds is 7. The molecule has 1 unspecified atom stereocenters. The summed E-state index contributed by atoms with van der Waals surface area (Å²) in [6, 6.07) is 9.82. The Morgan fingerprint density at radius 2 is 1.90 bits per heavy atom. The van der Waals surface area contributed by atoms with Crippen LogP contribution in [0.5, 0.6) is 0 Å². The van der Waals surface area contributed by atoms with Crippen molar-refractivity contribution in [3.63, 3.8) is 0 Å². The van der Waals surface area contributed by atoms with Gasteiger partial charge >= 0.3 is 0 Å². The maximum atomic E-state index is 13.1. The molecule has 1 amide bonds. The third-order valence-corrected chi connectivity index (χ3v) is 4.31. The molecule has 0 saturated carbocycles. The van der Waals surface area contributed by atoms with Gasteiger partial charge in [-0.2, -0.15) is 0 Å². The normalized spacial score (nSPS) is 17.2. The van der Waals surface area contributed by atoms with E-state index in [0.717, 1.165) is 37.8 Å². The van der Waals surface area contributed by atoms with E-state index in [1.54, 1.807) is 6.08 Å². The van der Waals surface area contributed by atoms with Gasteiger partial charge in [0.15, 0.2) is 0 Å². The van der Waals surface area contributed by atoms with Crippen molar-refractivity contribution in [2.24, 2.45) is 0 Å². The van der Waals surface area contributed by atoms with Gasteiger partial charge in [-0.25, -0.2) is 0 Å². The Kier molecular flexibility index (Phi) is 5.32. The van der Waals surface area contributed by atoms with E-state index in [2.05, 4.69) is 6.58 Å². The topological polar surface area (TPSA) is 37.4 Å². The minimum atomic E-state index is -0.645. The fraction of sp³-hybridized carbons (Fsp3) is 0.444. The largest absolute Gasteiger partial charge is 0.342 e. The number of likely N-dealkylation sites (tertiary alicyclic amines) is 1. The average Bonchev–Trinajstić information content (AvgIpc) is 3.06. The zero-order valence-electron chi connectivity index (χ0n) is 12.5. The zero-order chi connectivity index (χ0) is 15.1. The number of hydrogen-bond acceptors (Lipinski definition) is 2. The van der Waals surface area contributed by atoms with Gasteiger partial charge in [-0.05, 0) is 31.2 Å². The molecule has 1 aliphatic heterocycles. The number of carbonyl (C=O) groups excluding carboxylic acids is 2. The number of carbonyl (C=O) groups is 2. The van der Waals surface area contributed by atoms with Gasteiger partial charge in [0.2, 0.25) is 5.91 Å². The molecule has 1 fully saturated rings. The van der Waals surface area contributed by atoms with Gasteiger partial charge in [-0.15, -0.1) is 6.58 Å². The molecule has 0 N–H and O–H groups in total. The number of amides is 1. The fourth-order valence-corrected chi connectivity index (χ4v) is 3.21. The molecule has 1 aromatic carbocycles. The molecule has 0 radical (unpaired) electrons. The van der Waals surface area contributed by atoms with Crippen LogP contribution in [-0.4, -0.2) is 30.2 Å². The van der Waals surface area contributed by atoms with Crippen LogP contribution in [-0.2, 0) is 15.0 Å². The van der Waals surface area contributed by atoms with Crippen molar-refractivity contribution in [3.8, 4) is 0 Å². The summed E-state index contributed by atoms with van der Waals surface area (Å²) < 4.78 is 0. The molecule has 1 aromatic rings. The smallest absolute Gasteiger partial charge is 0.233 e. The molecule has 1 saturated heterocycles. The molecule has 1 aliphatic rings. The molecular formula is C18H23NO2. The Morgan fingerprint density at radius 3 is 2.48 bits per heavy atom. The van der Waals surface area contributed by atoms with Crippen molar-refractivity contribution in [1.29, 1.82) is 0 Å². The highest BCUT2D eigenvalue weighted by atomic mass is 16.2. The van der Waals surface area contributed by atoms with Gasteiger partial charge in [0, 0.05) is 19.5 Å². The van der Waals surface area contributed by atoms with Crippen molar-refractivity contribution in [1.82, 2.24) is 4.90 Å². The number of benzene rings is 1. The van der Waals surface area contributed by atoms with Gasteiger partial charge in [-0.3, -0.25) is 4.79 Å². The Balaban J connectivity index is 2.41. The molecule has 21 heavy (non-hydrogen) atoms. The minimum Gasteiger partial charge on any atom is -0.342 e. The summed E-state index contributed by atoms with van der Waals surface area (Å²) >= 11 is 0. The first-order valence-corrected chi connectivity index (χ1v) is 7.64. The minimum absolute atomic E-state index is 0.146. The molecule has 0 spiro atoms. The predicted molar refractivity (Wildman–Crippen MR) is 84.0 cm³/mol. The standard InChI is InChI=1S/C18H23NO2/c1-2-11-18(12-8-15-20,16-9-4-3-5-10-16)17(21)19-13-6-7-14-19/h2-5,9-10,15H,1,6-8,11-14H2. The van der Waals surface area contributed by atoms with Crippen LogP contribution < -0.4 is 0 Å². The number of hydrogen-bond donors (Lipinski definition) is 0. The van der Waals surface area contributed by atoms with Crippen LogP contribution in [0.25, 0.3) is 0 Å². The number of allylic oxidation sites excluding steroid dienone is 1. The van der Waals surface area contributed by atoms with Crippen LogP contribution in [0, 0.1) is 0 Å². The van der Waals surface area contributed by atoms with Gasteiger partial charge in [0.25, 0.3) is 0 Å². The molecule has 3 heteroatoms. The molecule has 0 aromatic heterocycles. The summed E-state index contributed by atoms with van der Waals surface area (Å²) in [6.45, 7) is 5.48. The lowest BCUT2D eigenvalue weighted by atomic mass is 9.73. The molecule has 112 valence electrons. The van der Waals surface area contributed by atoms with E-state index < -0.39 is 5.41 Å². The predicted octanol–water partition coefficient (Wildman–Crippen LogP) is 3.10. The summed E-state index contributed by atoms with van der Waals surface area (Å²) in [7, 11) is 0. The van der Waals surface area contributed by atoms with Crippen LogP contribution in [0.2, 0.25) is 0 Å². The Bertz CT molecular complexity index is 491. The molecule has 1 atom stereocenters. The maximum absolute atomic E-state index is 13.1. The van der Waals surface area contributed by atoms with Gasteiger partial charge < -0.3 is 9.69 Å². The maximum Gasteiger partial charge on any atom is 0.233 e. The third-order valence-electron chi connectivity index (χ3n) is 4.31. The van der Waals surface area contributed by atoms with E-state index in [1.807, 2.05) is 35.2 Å². The molecule has 1 heterocycles. The number of aldehydes is 1. The highest BCUT2D eigenvalue weighted by Gasteiger charge is 2.41. The molecule has 3 nitrogen and oxygen atoms in total. The lowest BCUT2D eigenvalue weighted by Crippen LogP contribution is -2.45. The van der Waals surface area contributed by atoms with Crippen LogP contribution in [0.1, 0.15) is 37.7 Å². The third kappa shape index (κ3) is 3.23. The molecule has 0 bridgehead atoms. The highest BCUT2D eigenvalue weighted by molar-refractivity contribution is 5.89. The monoisotopic (exact) mass is 285 g/mol. The van der Waals surface area contributed by atoms with Crippen LogP contribution in [0.4, 0.5) is 0 Å². The van der Waals surface area contributed by atoms with Crippen LogP contribution >= 0.6 is 0 Å². The van der Waals surface area contributed by atoms with Crippen LogP contribution in [0.3, 0.4) is 0 Å². The summed E-state index contributed by atoms with van der Waals surface area (Å²) in [4.78, 5) is 26.0. The second-order valence-corrected chi connectivity index (χ2v) is 5.65. The Morgan fingerprint density at radius 1 is 1.24 bits per heavy atom. The van der Waals surface area contributed by atoms with Crippen molar-refractivity contribution >= 4 is 12.2 Å². The zero-order valence-corrected chi connectivity index (χ0v) is 12.5. The van der Waals surface area contributed by atoms with E-state index in [1.165, 1.54) is 0 Å². The first kappa shape index (κ1) is 15.5. The van der Waals surface area contributed by atoms with E-state index >= 15 is 0 Å². The van der Waals surface area contributed by atoms with E-state index in [-0.39, 0.29) is 5.91 Å². The summed E-state index contributed by atoms with van der Waals surface area (Å²) in [5.41, 5.74) is 0.345. The number of nitrogens with zero attached hydrogens (tertiary/aromatic N) is 1. The first-order chi connectivity index (χ1) is 10.2. The lowest BCUT2D eigenvalue weighted by molar-refractivity contribution is -0.136. The SMILES string of the molecule is C=CCC(CCC=O)(C(=O)N1CCCC1)c1ccccc1. The van der Waals surface area contributed by atoms with Crippen LogP contribution in [0.15, 0.2) is 43.0 Å². The fourth-order valence-electron chi connectivity index (χ4n) is 3.21. The Labute approximate surface area is 126 Å². The summed E-state index contributed by atoms with van der Waals surface area (Å²) in [5.74, 6) is 0.146. The van der Waals surface area contributed by atoms with E-state index in [4.69, 9.17) is 0 Å². The van der Waals surface area contributed by atoms with Gasteiger partial charge in [0.1, 0.15) is 6.29 Å². The second-order valence-electron chi connectivity index (χ2n) is 5.65. The summed E-state index contributed by atoms with van der Waals surface area (Å²) in [6.07, 6.45) is 6.34. The van der Waals surface area contributed by atoms with Crippen molar-refractivity contribution < 1.29 is 9.59 Å². The van der Waals surface area contributed by atoms with E-state index in [9.17, 15) is 9.59 Å². The molecule has 0 aliphatic carbocycles. The quantitative estimate of drug-likeness (QED) is 0.570. The van der Waals surface area contributed by atoms with Gasteiger partial charge in [-0.1, -0.05) is 36.4 Å². The van der Waals surface area contributed by atoms with E-state index in [0.29, 0.717) is 19.3 Å². The molecule has 2 rings (SSSR count). The summed E-state index contributed by atoms with van der Waals surface area (Å²) in [5, 5.41) is 0. The lowest BCUT2D eigenvalue weighted by Gasteiger charge is -2.35.